The zero-order valence-corrected chi connectivity index (χ0v) is 16.9. The summed E-state index contributed by atoms with van der Waals surface area (Å²) < 4.78 is 16.1. The first-order chi connectivity index (χ1) is 13.4. The van der Waals surface area contributed by atoms with E-state index in [2.05, 4.69) is 0 Å². The summed E-state index contributed by atoms with van der Waals surface area (Å²) in [4.78, 5) is 40.0. The summed E-state index contributed by atoms with van der Waals surface area (Å²) in [6, 6.07) is 4.89. The van der Waals surface area contributed by atoms with E-state index in [0.29, 0.717) is 17.9 Å². The Labute approximate surface area is 164 Å². The van der Waals surface area contributed by atoms with E-state index in [1.165, 1.54) is 14.2 Å². The van der Waals surface area contributed by atoms with Gasteiger partial charge in [0, 0.05) is 19.5 Å². The number of nitrogens with zero attached hydrogens (tertiary/aromatic N) is 1. The maximum atomic E-state index is 13.0. The number of rotatable bonds is 6. The molecule has 2 fully saturated rings. The highest BCUT2D eigenvalue weighted by molar-refractivity contribution is 6.08. The van der Waals surface area contributed by atoms with Crippen molar-refractivity contribution in [1.82, 2.24) is 4.90 Å². The van der Waals surface area contributed by atoms with Crippen molar-refractivity contribution in [2.75, 3.05) is 27.9 Å². The second-order valence-corrected chi connectivity index (χ2v) is 7.15. The van der Waals surface area contributed by atoms with Crippen LogP contribution in [-0.4, -0.2) is 56.1 Å². The first kappa shape index (κ1) is 20.1. The van der Waals surface area contributed by atoms with Crippen molar-refractivity contribution < 1.29 is 33.9 Å². The van der Waals surface area contributed by atoms with Gasteiger partial charge in [-0.2, -0.15) is 0 Å². The van der Waals surface area contributed by atoms with Crippen LogP contribution in [0.1, 0.15) is 31.9 Å². The Morgan fingerprint density at radius 2 is 1.89 bits per heavy atom. The molecule has 1 aromatic rings. The lowest BCUT2D eigenvalue weighted by Crippen LogP contribution is -2.98. The average Bonchev–Trinajstić information content (AvgIpc) is 3.17. The number of quaternary nitrogens is 1. The molecule has 0 aliphatic carbocycles. The molecule has 0 saturated carbocycles. The molecule has 2 aliphatic rings. The molecule has 0 spiro atoms. The third-order valence-electron chi connectivity index (χ3n) is 6.03. The maximum Gasteiger partial charge on any atom is 0.368 e. The summed E-state index contributed by atoms with van der Waals surface area (Å²) in [7, 11) is 4.57. The van der Waals surface area contributed by atoms with E-state index in [-0.39, 0.29) is 18.4 Å². The SMILES string of the molecule is CCOC(=O)[C@]1(CC)[NH2+][C@@H](c2ccc(OC)cc2OC)[C@H]2C(=O)N(C)C(=O)[C@H]21. The summed E-state index contributed by atoms with van der Waals surface area (Å²) in [6.45, 7) is 3.78. The van der Waals surface area contributed by atoms with Crippen LogP contribution in [0.5, 0.6) is 11.5 Å². The van der Waals surface area contributed by atoms with Crippen molar-refractivity contribution >= 4 is 17.8 Å². The van der Waals surface area contributed by atoms with Gasteiger partial charge in [0.25, 0.3) is 0 Å². The lowest BCUT2D eigenvalue weighted by atomic mass is 9.78. The predicted molar refractivity (Wildman–Crippen MR) is 98.6 cm³/mol. The van der Waals surface area contributed by atoms with Crippen LogP contribution in [0.3, 0.4) is 0 Å². The van der Waals surface area contributed by atoms with Gasteiger partial charge in [-0.25, -0.2) is 4.79 Å². The minimum Gasteiger partial charge on any atom is -0.497 e. The van der Waals surface area contributed by atoms with Crippen molar-refractivity contribution in [3.63, 3.8) is 0 Å². The summed E-state index contributed by atoms with van der Waals surface area (Å²) in [6.07, 6.45) is 0.370. The standard InChI is InChI=1S/C20H26N2O6/c1-6-20(19(25)28-7-2)15-14(17(23)22(3)18(15)24)16(21-20)12-9-8-11(26-4)10-13(12)27-5/h8-10,14-16,21H,6-7H2,1-5H3/p+1/t14-,15-,16-,20+/m0/s1. The van der Waals surface area contributed by atoms with Crippen LogP contribution in [0.25, 0.3) is 0 Å². The number of ether oxygens (including phenoxy) is 3. The van der Waals surface area contributed by atoms with Gasteiger partial charge in [-0.05, 0) is 19.1 Å². The molecule has 0 bridgehead atoms. The fraction of sp³-hybridized carbons (Fsp3) is 0.550. The second kappa shape index (κ2) is 7.43. The maximum absolute atomic E-state index is 13.0. The zero-order valence-electron chi connectivity index (χ0n) is 16.9. The molecule has 2 aliphatic heterocycles. The number of esters is 1. The highest BCUT2D eigenvalue weighted by Gasteiger charge is 2.71. The van der Waals surface area contributed by atoms with Gasteiger partial charge in [0.05, 0.1) is 26.4 Å². The molecule has 2 amide bonds. The molecule has 1 aromatic carbocycles. The van der Waals surface area contributed by atoms with Crippen molar-refractivity contribution in [3.8, 4) is 11.5 Å². The van der Waals surface area contributed by atoms with Crippen LogP contribution in [0.15, 0.2) is 18.2 Å². The number of amides is 2. The Morgan fingerprint density at radius 1 is 1.18 bits per heavy atom. The molecule has 3 rings (SSSR count). The van der Waals surface area contributed by atoms with Crippen LogP contribution in [-0.2, 0) is 19.1 Å². The fourth-order valence-corrected chi connectivity index (χ4v) is 4.59. The van der Waals surface area contributed by atoms with Gasteiger partial charge in [0.2, 0.25) is 17.4 Å². The monoisotopic (exact) mass is 391 g/mol. The smallest absolute Gasteiger partial charge is 0.368 e. The number of carbonyl (C=O) groups is 3. The number of likely N-dealkylation sites (tertiary alicyclic amines) is 1. The molecule has 8 heteroatoms. The van der Waals surface area contributed by atoms with Crippen molar-refractivity contribution in [3.05, 3.63) is 23.8 Å². The topological polar surface area (TPSA) is 98.8 Å². The third kappa shape index (κ3) is 2.74. The quantitative estimate of drug-likeness (QED) is 0.552. The van der Waals surface area contributed by atoms with E-state index in [1.807, 2.05) is 18.3 Å². The first-order valence-electron chi connectivity index (χ1n) is 9.42. The minimum atomic E-state index is -1.15. The summed E-state index contributed by atoms with van der Waals surface area (Å²) in [5.41, 5.74) is -0.400. The number of nitrogens with two attached hydrogens (primary N) is 1. The molecule has 4 atom stereocenters. The van der Waals surface area contributed by atoms with Gasteiger partial charge in [-0.3, -0.25) is 14.5 Å². The number of benzene rings is 1. The molecule has 28 heavy (non-hydrogen) atoms. The summed E-state index contributed by atoms with van der Waals surface area (Å²) in [5.74, 6) is -1.35. The van der Waals surface area contributed by atoms with Crippen LogP contribution < -0.4 is 14.8 Å². The number of hydrogen-bond donors (Lipinski definition) is 1. The molecular formula is C20H27N2O6+. The number of hydrogen-bond acceptors (Lipinski definition) is 6. The minimum absolute atomic E-state index is 0.209. The molecule has 0 aromatic heterocycles. The normalized spacial score (nSPS) is 29.0. The van der Waals surface area contributed by atoms with Gasteiger partial charge in [0.15, 0.2) is 0 Å². The van der Waals surface area contributed by atoms with Gasteiger partial charge < -0.3 is 19.5 Å². The van der Waals surface area contributed by atoms with Gasteiger partial charge in [-0.1, -0.05) is 6.92 Å². The Balaban J connectivity index is 2.15. The number of carbonyl (C=O) groups excluding carboxylic acids is 3. The van der Waals surface area contributed by atoms with E-state index in [0.717, 1.165) is 10.5 Å². The van der Waals surface area contributed by atoms with Crippen LogP contribution in [0.4, 0.5) is 0 Å². The lowest BCUT2D eigenvalue weighted by Gasteiger charge is -2.28. The summed E-state index contributed by atoms with van der Waals surface area (Å²) >= 11 is 0. The fourth-order valence-electron chi connectivity index (χ4n) is 4.59. The molecule has 0 unspecified atom stereocenters. The number of imide groups is 1. The van der Waals surface area contributed by atoms with E-state index >= 15 is 0 Å². The van der Waals surface area contributed by atoms with E-state index in [4.69, 9.17) is 14.2 Å². The Kier molecular flexibility index (Phi) is 5.34. The lowest BCUT2D eigenvalue weighted by molar-refractivity contribution is -0.734. The molecule has 8 nitrogen and oxygen atoms in total. The molecular weight excluding hydrogens is 364 g/mol. The predicted octanol–water partition coefficient (Wildman–Crippen LogP) is 0.265. The highest BCUT2D eigenvalue weighted by Crippen LogP contribution is 2.47. The Morgan fingerprint density at radius 3 is 2.46 bits per heavy atom. The van der Waals surface area contributed by atoms with Crippen LogP contribution in [0.2, 0.25) is 0 Å². The van der Waals surface area contributed by atoms with E-state index in [1.54, 1.807) is 26.2 Å². The van der Waals surface area contributed by atoms with E-state index < -0.39 is 29.4 Å². The van der Waals surface area contributed by atoms with E-state index in [9.17, 15) is 14.4 Å². The van der Waals surface area contributed by atoms with Crippen LogP contribution >= 0.6 is 0 Å². The largest absolute Gasteiger partial charge is 0.497 e. The second-order valence-electron chi connectivity index (χ2n) is 7.15. The molecule has 2 heterocycles. The van der Waals surface area contributed by atoms with Crippen molar-refractivity contribution in [2.24, 2.45) is 11.8 Å². The number of methoxy groups -OCH3 is 2. The molecule has 2 N–H and O–H groups in total. The Bertz CT molecular complexity index is 810. The first-order valence-corrected chi connectivity index (χ1v) is 9.42. The Hall–Kier alpha value is -2.61. The molecule has 0 radical (unpaired) electrons. The van der Waals surface area contributed by atoms with Crippen molar-refractivity contribution in [1.29, 1.82) is 0 Å². The van der Waals surface area contributed by atoms with Gasteiger partial charge >= 0.3 is 5.97 Å². The molecule has 2 saturated heterocycles. The third-order valence-corrected chi connectivity index (χ3v) is 6.03. The zero-order chi connectivity index (χ0) is 20.6. The van der Waals surface area contributed by atoms with Gasteiger partial charge in [-0.15, -0.1) is 0 Å². The van der Waals surface area contributed by atoms with Crippen LogP contribution in [0, 0.1) is 11.8 Å². The molecule has 152 valence electrons. The average molecular weight is 391 g/mol. The van der Waals surface area contributed by atoms with Crippen molar-refractivity contribution in [2.45, 2.75) is 31.8 Å². The van der Waals surface area contributed by atoms with Gasteiger partial charge in [0.1, 0.15) is 29.4 Å². The highest BCUT2D eigenvalue weighted by atomic mass is 16.5. The number of fused-ring (bicyclic) bond motifs is 1. The summed E-state index contributed by atoms with van der Waals surface area (Å²) in [5, 5.41) is 1.83.